The first-order valence-corrected chi connectivity index (χ1v) is 10.1. The minimum atomic E-state index is -0.0577. The van der Waals surface area contributed by atoms with Crippen LogP contribution < -0.4 is 10.6 Å². The number of guanidine groups is 1. The molecule has 162 valence electrons. The molecule has 1 aliphatic rings. The van der Waals surface area contributed by atoms with Crippen molar-refractivity contribution in [3.05, 3.63) is 65.2 Å². The van der Waals surface area contributed by atoms with Gasteiger partial charge in [0.25, 0.3) is 0 Å². The number of morpholine rings is 1. The van der Waals surface area contributed by atoms with Crippen LogP contribution in [0.5, 0.6) is 0 Å². The molecule has 3 rings (SSSR count). The standard InChI is InChI=1S/C23H30N4O2.HI/c1-17-6-4-5-7-21(17)22-16-27(14-15-29-22)23(24-3)25-13-12-19-8-10-20(11-9-19)26-18(2)28;/h4-11,22H,12-16H2,1-3H3,(H,24,25)(H,26,28);1H. The van der Waals surface area contributed by atoms with Crippen molar-refractivity contribution in [2.45, 2.75) is 26.4 Å². The largest absolute Gasteiger partial charge is 0.370 e. The Bertz CT molecular complexity index is 855. The van der Waals surface area contributed by atoms with Crippen molar-refractivity contribution < 1.29 is 9.53 Å². The van der Waals surface area contributed by atoms with E-state index in [1.807, 2.05) is 31.3 Å². The predicted octanol–water partition coefficient (Wildman–Crippen LogP) is 3.76. The van der Waals surface area contributed by atoms with Crippen LogP contribution in [0.3, 0.4) is 0 Å². The van der Waals surface area contributed by atoms with Crippen LogP contribution in [0.4, 0.5) is 5.69 Å². The number of amides is 1. The molecule has 1 unspecified atom stereocenters. The Hall–Kier alpha value is -2.13. The number of nitrogens with zero attached hydrogens (tertiary/aromatic N) is 2. The van der Waals surface area contributed by atoms with Crippen molar-refractivity contribution in [1.82, 2.24) is 10.2 Å². The van der Waals surface area contributed by atoms with Gasteiger partial charge in [-0.2, -0.15) is 0 Å². The highest BCUT2D eigenvalue weighted by molar-refractivity contribution is 14.0. The van der Waals surface area contributed by atoms with Gasteiger partial charge in [-0.05, 0) is 42.2 Å². The first-order chi connectivity index (χ1) is 14.1. The monoisotopic (exact) mass is 522 g/mol. The van der Waals surface area contributed by atoms with Gasteiger partial charge in [0.15, 0.2) is 5.96 Å². The van der Waals surface area contributed by atoms with Crippen molar-refractivity contribution in [2.75, 3.05) is 38.6 Å². The fraction of sp³-hybridized carbons (Fsp3) is 0.391. The van der Waals surface area contributed by atoms with Crippen LogP contribution in [0.15, 0.2) is 53.5 Å². The Morgan fingerprint density at radius 1 is 1.20 bits per heavy atom. The fourth-order valence-corrected chi connectivity index (χ4v) is 3.59. The van der Waals surface area contributed by atoms with Gasteiger partial charge >= 0.3 is 0 Å². The number of aryl methyl sites for hydroxylation is 1. The Labute approximate surface area is 196 Å². The number of nitrogens with one attached hydrogen (secondary N) is 2. The third-order valence-corrected chi connectivity index (χ3v) is 5.08. The molecule has 30 heavy (non-hydrogen) atoms. The SMILES string of the molecule is CN=C(NCCc1ccc(NC(C)=O)cc1)N1CCOC(c2ccccc2C)C1.I. The highest BCUT2D eigenvalue weighted by Gasteiger charge is 2.24. The molecule has 1 saturated heterocycles. The molecule has 1 atom stereocenters. The van der Waals surface area contributed by atoms with E-state index in [9.17, 15) is 4.79 Å². The Balaban J connectivity index is 0.00000320. The van der Waals surface area contributed by atoms with Gasteiger partial charge in [0.05, 0.1) is 13.2 Å². The number of halogens is 1. The average molecular weight is 522 g/mol. The maximum absolute atomic E-state index is 11.1. The number of aliphatic imine (C=N–C) groups is 1. The summed E-state index contributed by atoms with van der Waals surface area (Å²) < 4.78 is 6.03. The zero-order valence-corrected chi connectivity index (χ0v) is 20.2. The van der Waals surface area contributed by atoms with E-state index in [1.165, 1.54) is 23.6 Å². The molecule has 1 heterocycles. The van der Waals surface area contributed by atoms with E-state index in [4.69, 9.17) is 4.74 Å². The van der Waals surface area contributed by atoms with Gasteiger partial charge in [-0.3, -0.25) is 9.79 Å². The number of hydrogen-bond acceptors (Lipinski definition) is 3. The summed E-state index contributed by atoms with van der Waals surface area (Å²) in [6.45, 7) is 6.73. The highest BCUT2D eigenvalue weighted by atomic mass is 127. The summed E-state index contributed by atoms with van der Waals surface area (Å²) in [6.07, 6.45) is 0.940. The number of hydrogen-bond donors (Lipinski definition) is 2. The number of carbonyl (C=O) groups is 1. The van der Waals surface area contributed by atoms with Crippen LogP contribution in [0.1, 0.15) is 29.7 Å². The Kier molecular flexibility index (Phi) is 9.58. The van der Waals surface area contributed by atoms with Crippen molar-refractivity contribution in [3.63, 3.8) is 0 Å². The van der Waals surface area contributed by atoms with E-state index in [1.54, 1.807) is 0 Å². The summed E-state index contributed by atoms with van der Waals surface area (Å²) in [5.74, 6) is 0.847. The first kappa shape index (κ1) is 24.1. The van der Waals surface area contributed by atoms with Crippen LogP contribution in [0.25, 0.3) is 0 Å². The average Bonchev–Trinajstić information content (AvgIpc) is 2.72. The van der Waals surface area contributed by atoms with Crippen LogP contribution in [0.2, 0.25) is 0 Å². The van der Waals surface area contributed by atoms with E-state index < -0.39 is 0 Å². The second-order valence-electron chi connectivity index (χ2n) is 7.26. The van der Waals surface area contributed by atoms with E-state index in [0.717, 1.165) is 37.7 Å². The molecule has 1 fully saturated rings. The molecule has 1 amide bonds. The summed E-state index contributed by atoms with van der Waals surface area (Å²) in [6, 6.07) is 16.3. The highest BCUT2D eigenvalue weighted by Crippen LogP contribution is 2.24. The lowest BCUT2D eigenvalue weighted by Gasteiger charge is -2.35. The van der Waals surface area contributed by atoms with Gasteiger partial charge in [-0.25, -0.2) is 0 Å². The zero-order chi connectivity index (χ0) is 20.6. The van der Waals surface area contributed by atoms with Crippen LogP contribution >= 0.6 is 24.0 Å². The van der Waals surface area contributed by atoms with Gasteiger partial charge in [0.2, 0.25) is 5.91 Å². The summed E-state index contributed by atoms with van der Waals surface area (Å²) >= 11 is 0. The molecule has 0 radical (unpaired) electrons. The summed E-state index contributed by atoms with van der Waals surface area (Å²) in [5.41, 5.74) is 4.53. The molecule has 0 aromatic heterocycles. The number of ether oxygens (including phenoxy) is 1. The van der Waals surface area contributed by atoms with E-state index in [-0.39, 0.29) is 36.0 Å². The molecule has 2 aromatic rings. The lowest BCUT2D eigenvalue weighted by molar-refractivity contribution is -0.114. The normalized spacial score (nSPS) is 16.6. The topological polar surface area (TPSA) is 66.0 Å². The first-order valence-electron chi connectivity index (χ1n) is 10.1. The van der Waals surface area contributed by atoms with Crippen molar-refractivity contribution >= 4 is 41.5 Å². The van der Waals surface area contributed by atoms with Crippen molar-refractivity contribution in [1.29, 1.82) is 0 Å². The van der Waals surface area contributed by atoms with Crippen LogP contribution in [-0.2, 0) is 16.0 Å². The Morgan fingerprint density at radius 2 is 1.93 bits per heavy atom. The van der Waals surface area contributed by atoms with Crippen molar-refractivity contribution in [2.24, 2.45) is 4.99 Å². The molecule has 2 aromatic carbocycles. The van der Waals surface area contributed by atoms with Crippen LogP contribution in [-0.4, -0.2) is 50.1 Å². The number of anilines is 1. The van der Waals surface area contributed by atoms with Gasteiger partial charge in [0, 0.05) is 32.7 Å². The van der Waals surface area contributed by atoms with Gasteiger partial charge in [-0.15, -0.1) is 24.0 Å². The molecule has 1 aliphatic heterocycles. The molecule has 0 bridgehead atoms. The minimum absolute atomic E-state index is 0. The quantitative estimate of drug-likeness (QED) is 0.357. The number of carbonyl (C=O) groups excluding carboxylic acids is 1. The molecule has 7 heteroatoms. The summed E-state index contributed by atoms with van der Waals surface area (Å²) in [5, 5.41) is 6.26. The summed E-state index contributed by atoms with van der Waals surface area (Å²) in [4.78, 5) is 17.8. The second-order valence-corrected chi connectivity index (χ2v) is 7.26. The van der Waals surface area contributed by atoms with E-state index in [0.29, 0.717) is 6.61 Å². The lowest BCUT2D eigenvalue weighted by Crippen LogP contribution is -2.48. The molecule has 0 saturated carbocycles. The fourth-order valence-electron chi connectivity index (χ4n) is 3.59. The van der Waals surface area contributed by atoms with E-state index >= 15 is 0 Å². The third-order valence-electron chi connectivity index (χ3n) is 5.08. The van der Waals surface area contributed by atoms with Gasteiger partial charge in [-0.1, -0.05) is 36.4 Å². The molecular formula is C23H31IN4O2. The smallest absolute Gasteiger partial charge is 0.221 e. The predicted molar refractivity (Wildman–Crippen MR) is 133 cm³/mol. The zero-order valence-electron chi connectivity index (χ0n) is 17.9. The Morgan fingerprint density at radius 3 is 2.60 bits per heavy atom. The van der Waals surface area contributed by atoms with Gasteiger partial charge in [0.1, 0.15) is 6.10 Å². The van der Waals surface area contributed by atoms with Crippen LogP contribution in [0, 0.1) is 6.92 Å². The van der Waals surface area contributed by atoms with Gasteiger partial charge < -0.3 is 20.3 Å². The maximum Gasteiger partial charge on any atom is 0.221 e. The second kappa shape index (κ2) is 11.9. The molecular weight excluding hydrogens is 491 g/mol. The summed E-state index contributed by atoms with van der Waals surface area (Å²) in [7, 11) is 1.82. The molecule has 6 nitrogen and oxygen atoms in total. The lowest BCUT2D eigenvalue weighted by atomic mass is 10.0. The number of rotatable bonds is 5. The third kappa shape index (κ3) is 6.70. The minimum Gasteiger partial charge on any atom is -0.370 e. The maximum atomic E-state index is 11.1. The molecule has 2 N–H and O–H groups in total. The number of benzene rings is 2. The molecule has 0 spiro atoms. The van der Waals surface area contributed by atoms with Crippen molar-refractivity contribution in [3.8, 4) is 0 Å². The van der Waals surface area contributed by atoms with E-state index in [2.05, 4.69) is 51.7 Å². The molecule has 0 aliphatic carbocycles.